The van der Waals surface area contributed by atoms with E-state index in [4.69, 9.17) is 5.73 Å². The van der Waals surface area contributed by atoms with E-state index in [2.05, 4.69) is 9.71 Å². The summed E-state index contributed by atoms with van der Waals surface area (Å²) < 4.78 is 26.6. The molecular weight excluding hydrogens is 262 g/mol. The van der Waals surface area contributed by atoms with Crippen LogP contribution in [-0.4, -0.2) is 19.9 Å². The summed E-state index contributed by atoms with van der Waals surface area (Å²) in [6, 6.07) is 10.1. The average Bonchev–Trinajstić information content (AvgIpc) is 2.40. The molecule has 0 amide bonds. The van der Waals surface area contributed by atoms with Gasteiger partial charge < -0.3 is 5.73 Å². The lowest BCUT2D eigenvalue weighted by molar-refractivity contribution is 0.582. The van der Waals surface area contributed by atoms with Crippen molar-refractivity contribution in [3.05, 3.63) is 54.4 Å². The largest absolute Gasteiger partial charge is 0.398 e. The zero-order valence-corrected chi connectivity index (χ0v) is 11.1. The monoisotopic (exact) mass is 277 g/mol. The van der Waals surface area contributed by atoms with Crippen molar-refractivity contribution in [3.8, 4) is 0 Å². The van der Waals surface area contributed by atoms with Crippen LogP contribution in [0, 0.1) is 0 Å². The number of anilines is 1. The van der Waals surface area contributed by atoms with Crippen LogP contribution >= 0.6 is 0 Å². The molecule has 6 heteroatoms. The lowest BCUT2D eigenvalue weighted by atomic mass is 10.2. The SMILES string of the molecule is Nc1ccccc1S(=O)(=O)NCCc1ccncc1. The third kappa shape index (κ3) is 3.52. The summed E-state index contributed by atoms with van der Waals surface area (Å²) in [6.07, 6.45) is 3.96. The zero-order chi connectivity index (χ0) is 13.7. The molecule has 2 aromatic rings. The van der Waals surface area contributed by atoms with Gasteiger partial charge in [0.25, 0.3) is 0 Å². The van der Waals surface area contributed by atoms with Crippen molar-refractivity contribution in [2.75, 3.05) is 12.3 Å². The van der Waals surface area contributed by atoms with E-state index in [1.807, 2.05) is 12.1 Å². The first-order chi connectivity index (χ1) is 9.09. The molecule has 0 spiro atoms. The Hall–Kier alpha value is -1.92. The highest BCUT2D eigenvalue weighted by molar-refractivity contribution is 7.89. The molecule has 19 heavy (non-hydrogen) atoms. The molecule has 0 saturated heterocycles. The normalized spacial score (nSPS) is 11.4. The average molecular weight is 277 g/mol. The van der Waals surface area contributed by atoms with Crippen molar-refractivity contribution in [1.29, 1.82) is 0 Å². The Kier molecular flexibility index (Phi) is 4.13. The molecule has 1 heterocycles. The Bertz CT molecular complexity index is 642. The fraction of sp³-hybridized carbons (Fsp3) is 0.154. The van der Waals surface area contributed by atoms with Crippen molar-refractivity contribution in [1.82, 2.24) is 9.71 Å². The first-order valence-electron chi connectivity index (χ1n) is 5.83. The molecule has 3 N–H and O–H groups in total. The van der Waals surface area contributed by atoms with Crippen LogP contribution in [0.1, 0.15) is 5.56 Å². The van der Waals surface area contributed by atoms with E-state index in [0.29, 0.717) is 13.0 Å². The van der Waals surface area contributed by atoms with E-state index in [1.165, 1.54) is 6.07 Å². The highest BCUT2D eigenvalue weighted by Gasteiger charge is 2.15. The zero-order valence-electron chi connectivity index (χ0n) is 10.3. The minimum atomic E-state index is -3.55. The number of nitrogens with zero attached hydrogens (tertiary/aromatic N) is 1. The maximum Gasteiger partial charge on any atom is 0.242 e. The second-order valence-electron chi connectivity index (χ2n) is 4.04. The predicted octanol–water partition coefficient (Wildman–Crippen LogP) is 1.18. The number of para-hydroxylation sites is 1. The summed E-state index contributed by atoms with van der Waals surface area (Å²) in [7, 11) is -3.55. The second kappa shape index (κ2) is 5.81. The number of benzene rings is 1. The van der Waals surface area contributed by atoms with Gasteiger partial charge in [-0.3, -0.25) is 4.98 Å². The fourth-order valence-corrected chi connectivity index (χ4v) is 2.84. The Morgan fingerprint density at radius 2 is 1.79 bits per heavy atom. The number of rotatable bonds is 5. The number of sulfonamides is 1. The van der Waals surface area contributed by atoms with Gasteiger partial charge in [-0.1, -0.05) is 12.1 Å². The van der Waals surface area contributed by atoms with Crippen LogP contribution in [-0.2, 0) is 16.4 Å². The molecule has 0 unspecified atom stereocenters. The van der Waals surface area contributed by atoms with Gasteiger partial charge in [0.15, 0.2) is 0 Å². The van der Waals surface area contributed by atoms with E-state index in [-0.39, 0.29) is 10.6 Å². The third-order valence-corrected chi connectivity index (χ3v) is 4.20. The van der Waals surface area contributed by atoms with Gasteiger partial charge in [-0.2, -0.15) is 0 Å². The summed E-state index contributed by atoms with van der Waals surface area (Å²) in [4.78, 5) is 4.02. The van der Waals surface area contributed by atoms with Crippen LogP contribution in [0.4, 0.5) is 5.69 Å². The van der Waals surface area contributed by atoms with Crippen molar-refractivity contribution in [2.45, 2.75) is 11.3 Å². The fourth-order valence-electron chi connectivity index (χ4n) is 1.68. The molecule has 100 valence electrons. The summed E-state index contributed by atoms with van der Waals surface area (Å²) >= 11 is 0. The van der Waals surface area contributed by atoms with E-state index < -0.39 is 10.0 Å². The number of nitrogens with two attached hydrogens (primary N) is 1. The van der Waals surface area contributed by atoms with Crippen LogP contribution in [0.2, 0.25) is 0 Å². The number of hydrogen-bond acceptors (Lipinski definition) is 4. The summed E-state index contributed by atoms with van der Waals surface area (Å²) in [5.74, 6) is 0. The highest BCUT2D eigenvalue weighted by Crippen LogP contribution is 2.16. The van der Waals surface area contributed by atoms with Gasteiger partial charge in [0.2, 0.25) is 10.0 Å². The molecule has 0 atom stereocenters. The molecule has 0 saturated carbocycles. The Morgan fingerprint density at radius 3 is 2.47 bits per heavy atom. The number of pyridine rings is 1. The van der Waals surface area contributed by atoms with Gasteiger partial charge in [0.1, 0.15) is 4.90 Å². The van der Waals surface area contributed by atoms with E-state index >= 15 is 0 Å². The van der Waals surface area contributed by atoms with Crippen molar-refractivity contribution in [2.24, 2.45) is 0 Å². The van der Waals surface area contributed by atoms with Crippen LogP contribution in [0.3, 0.4) is 0 Å². The molecule has 0 radical (unpaired) electrons. The van der Waals surface area contributed by atoms with Crippen LogP contribution in [0.25, 0.3) is 0 Å². The maximum atomic E-state index is 12.0. The van der Waals surface area contributed by atoms with Crippen molar-refractivity contribution >= 4 is 15.7 Å². The van der Waals surface area contributed by atoms with Gasteiger partial charge in [0.05, 0.1) is 5.69 Å². The van der Waals surface area contributed by atoms with Crippen LogP contribution < -0.4 is 10.5 Å². The van der Waals surface area contributed by atoms with Crippen LogP contribution in [0.5, 0.6) is 0 Å². The first-order valence-corrected chi connectivity index (χ1v) is 7.31. The Labute approximate surface area is 112 Å². The molecular formula is C13H15N3O2S. The molecule has 0 fully saturated rings. The van der Waals surface area contributed by atoms with Gasteiger partial charge in [-0.25, -0.2) is 13.1 Å². The summed E-state index contributed by atoms with van der Waals surface area (Å²) in [6.45, 7) is 0.320. The first kappa shape index (κ1) is 13.5. The third-order valence-electron chi connectivity index (χ3n) is 2.66. The van der Waals surface area contributed by atoms with E-state index in [0.717, 1.165) is 5.56 Å². The van der Waals surface area contributed by atoms with Crippen molar-refractivity contribution in [3.63, 3.8) is 0 Å². The molecule has 0 aliphatic rings. The van der Waals surface area contributed by atoms with Crippen LogP contribution in [0.15, 0.2) is 53.7 Å². The standard InChI is InChI=1S/C13H15N3O2S/c14-12-3-1-2-4-13(12)19(17,18)16-10-7-11-5-8-15-9-6-11/h1-6,8-9,16H,7,10,14H2. The summed E-state index contributed by atoms with van der Waals surface area (Å²) in [5, 5.41) is 0. The number of aromatic nitrogens is 1. The quantitative estimate of drug-likeness (QED) is 0.804. The molecule has 2 rings (SSSR count). The number of nitrogens with one attached hydrogen (secondary N) is 1. The molecule has 1 aromatic carbocycles. The van der Waals surface area contributed by atoms with Crippen molar-refractivity contribution < 1.29 is 8.42 Å². The topological polar surface area (TPSA) is 85.1 Å². The predicted molar refractivity (Wildman–Crippen MR) is 74.0 cm³/mol. The van der Waals surface area contributed by atoms with Gasteiger partial charge in [0, 0.05) is 18.9 Å². The molecule has 1 aromatic heterocycles. The maximum absolute atomic E-state index is 12.0. The van der Waals surface area contributed by atoms with E-state index in [9.17, 15) is 8.42 Å². The van der Waals surface area contributed by atoms with E-state index in [1.54, 1.807) is 30.6 Å². The molecule has 0 aliphatic carbocycles. The Balaban J connectivity index is 2.01. The smallest absolute Gasteiger partial charge is 0.242 e. The minimum Gasteiger partial charge on any atom is -0.398 e. The lowest BCUT2D eigenvalue weighted by Crippen LogP contribution is -2.26. The Morgan fingerprint density at radius 1 is 1.11 bits per heavy atom. The highest BCUT2D eigenvalue weighted by atomic mass is 32.2. The lowest BCUT2D eigenvalue weighted by Gasteiger charge is -2.08. The second-order valence-corrected chi connectivity index (χ2v) is 5.78. The number of nitrogen functional groups attached to an aromatic ring is 1. The molecule has 5 nitrogen and oxygen atoms in total. The summed E-state index contributed by atoms with van der Waals surface area (Å²) in [5.41, 5.74) is 6.94. The molecule has 0 bridgehead atoms. The van der Waals surface area contributed by atoms with Gasteiger partial charge in [-0.05, 0) is 36.2 Å². The van der Waals surface area contributed by atoms with Gasteiger partial charge in [-0.15, -0.1) is 0 Å². The minimum absolute atomic E-state index is 0.115. The number of hydrogen-bond donors (Lipinski definition) is 2. The van der Waals surface area contributed by atoms with Gasteiger partial charge >= 0.3 is 0 Å². The molecule has 0 aliphatic heterocycles.